The Labute approximate surface area is 125 Å². The molecule has 1 heterocycles. The highest BCUT2D eigenvalue weighted by Gasteiger charge is 2.29. The molecule has 20 heavy (non-hydrogen) atoms. The molecule has 1 saturated carbocycles. The SMILES string of the molecule is COc1ccc(CN=C2NC3CCCCC3CS2)cc1. The molecule has 1 aliphatic heterocycles. The molecule has 108 valence electrons. The molecule has 0 amide bonds. The largest absolute Gasteiger partial charge is 0.497 e. The van der Waals surface area contributed by atoms with Crippen LogP contribution in [0.25, 0.3) is 0 Å². The second-order valence-electron chi connectivity index (χ2n) is 5.58. The van der Waals surface area contributed by atoms with E-state index in [9.17, 15) is 0 Å². The van der Waals surface area contributed by atoms with E-state index in [-0.39, 0.29) is 0 Å². The summed E-state index contributed by atoms with van der Waals surface area (Å²) in [5, 5.41) is 4.77. The zero-order chi connectivity index (χ0) is 13.8. The van der Waals surface area contributed by atoms with Crippen LogP contribution in [-0.4, -0.2) is 24.1 Å². The fraction of sp³-hybridized carbons (Fsp3) is 0.562. The summed E-state index contributed by atoms with van der Waals surface area (Å²) >= 11 is 1.89. The molecule has 0 aromatic heterocycles. The first-order valence-corrected chi connectivity index (χ1v) is 8.40. The first-order chi connectivity index (χ1) is 9.85. The monoisotopic (exact) mass is 290 g/mol. The number of rotatable bonds is 3. The Morgan fingerprint density at radius 3 is 2.85 bits per heavy atom. The van der Waals surface area contributed by atoms with Gasteiger partial charge in [0.1, 0.15) is 5.75 Å². The van der Waals surface area contributed by atoms with Gasteiger partial charge in [0.05, 0.1) is 13.7 Å². The molecule has 2 atom stereocenters. The summed E-state index contributed by atoms with van der Waals surface area (Å²) in [7, 11) is 1.69. The Balaban J connectivity index is 1.58. The summed E-state index contributed by atoms with van der Waals surface area (Å²) in [6, 6.07) is 8.82. The first kappa shape index (κ1) is 13.8. The van der Waals surface area contributed by atoms with Crippen molar-refractivity contribution in [3.8, 4) is 5.75 Å². The second kappa shape index (κ2) is 6.53. The van der Waals surface area contributed by atoms with E-state index in [2.05, 4.69) is 17.4 Å². The van der Waals surface area contributed by atoms with Gasteiger partial charge in [-0.2, -0.15) is 0 Å². The van der Waals surface area contributed by atoms with Crippen LogP contribution >= 0.6 is 11.8 Å². The summed E-state index contributed by atoms with van der Waals surface area (Å²) in [6.07, 6.45) is 5.47. The molecule has 4 heteroatoms. The molecular formula is C16H22N2OS. The normalized spacial score (nSPS) is 27.8. The van der Waals surface area contributed by atoms with Gasteiger partial charge in [0.15, 0.2) is 5.17 Å². The molecule has 2 fully saturated rings. The number of amidine groups is 1. The molecular weight excluding hydrogens is 268 g/mol. The number of hydrogen-bond acceptors (Lipinski definition) is 3. The van der Waals surface area contributed by atoms with Crippen molar-refractivity contribution in [2.75, 3.05) is 12.9 Å². The molecule has 1 aromatic rings. The minimum atomic E-state index is 0.666. The molecule has 2 aliphatic rings. The van der Waals surface area contributed by atoms with E-state index < -0.39 is 0 Å². The maximum Gasteiger partial charge on any atom is 0.157 e. The van der Waals surface area contributed by atoms with Crippen LogP contribution in [-0.2, 0) is 6.54 Å². The number of nitrogens with one attached hydrogen (secondary N) is 1. The lowest BCUT2D eigenvalue weighted by molar-refractivity contribution is 0.311. The summed E-state index contributed by atoms with van der Waals surface area (Å²) in [5.41, 5.74) is 1.23. The number of nitrogens with zero attached hydrogens (tertiary/aromatic N) is 1. The van der Waals surface area contributed by atoms with Crippen molar-refractivity contribution in [3.63, 3.8) is 0 Å². The molecule has 1 aromatic carbocycles. The van der Waals surface area contributed by atoms with E-state index in [1.807, 2.05) is 23.9 Å². The van der Waals surface area contributed by atoms with Gasteiger partial charge in [-0.3, -0.25) is 4.99 Å². The van der Waals surface area contributed by atoms with Crippen LogP contribution in [0.2, 0.25) is 0 Å². The number of hydrogen-bond donors (Lipinski definition) is 1. The van der Waals surface area contributed by atoms with Crippen LogP contribution in [0, 0.1) is 5.92 Å². The average Bonchev–Trinajstić information content (AvgIpc) is 2.53. The van der Waals surface area contributed by atoms with Crippen molar-refractivity contribution < 1.29 is 4.74 Å². The highest BCUT2D eigenvalue weighted by atomic mass is 32.2. The number of aliphatic imine (C=N–C) groups is 1. The van der Waals surface area contributed by atoms with Gasteiger partial charge in [-0.05, 0) is 36.5 Å². The van der Waals surface area contributed by atoms with E-state index in [1.54, 1.807) is 7.11 Å². The van der Waals surface area contributed by atoms with Gasteiger partial charge in [-0.25, -0.2) is 0 Å². The third-order valence-corrected chi connectivity index (χ3v) is 5.33. The van der Waals surface area contributed by atoms with Crippen molar-refractivity contribution in [2.24, 2.45) is 10.9 Å². The maximum atomic E-state index is 5.17. The number of fused-ring (bicyclic) bond motifs is 1. The Kier molecular flexibility index (Phi) is 4.51. The van der Waals surface area contributed by atoms with E-state index in [0.717, 1.165) is 23.4 Å². The van der Waals surface area contributed by atoms with Crippen molar-refractivity contribution in [1.82, 2.24) is 5.32 Å². The molecule has 1 aliphatic carbocycles. The van der Waals surface area contributed by atoms with Crippen LogP contribution in [0.15, 0.2) is 29.3 Å². The molecule has 0 radical (unpaired) electrons. The van der Waals surface area contributed by atoms with Crippen LogP contribution in [0.1, 0.15) is 31.2 Å². The predicted octanol–water partition coefficient (Wildman–Crippen LogP) is 3.45. The summed E-state index contributed by atoms with van der Waals surface area (Å²) in [6.45, 7) is 0.747. The van der Waals surface area contributed by atoms with Crippen LogP contribution in [0.3, 0.4) is 0 Å². The quantitative estimate of drug-likeness (QED) is 0.925. The highest BCUT2D eigenvalue weighted by Crippen LogP contribution is 2.31. The fourth-order valence-corrected chi connectivity index (χ4v) is 4.13. The van der Waals surface area contributed by atoms with Gasteiger partial charge in [0.2, 0.25) is 0 Å². The lowest BCUT2D eigenvalue weighted by atomic mass is 9.86. The van der Waals surface area contributed by atoms with Gasteiger partial charge < -0.3 is 10.1 Å². The van der Waals surface area contributed by atoms with Gasteiger partial charge in [-0.15, -0.1) is 0 Å². The Hall–Kier alpha value is -1.16. The summed E-state index contributed by atoms with van der Waals surface area (Å²) < 4.78 is 5.17. The van der Waals surface area contributed by atoms with E-state index in [4.69, 9.17) is 9.73 Å². The van der Waals surface area contributed by atoms with Crippen molar-refractivity contribution in [2.45, 2.75) is 38.3 Å². The molecule has 0 spiro atoms. The molecule has 2 unspecified atom stereocenters. The number of benzene rings is 1. The van der Waals surface area contributed by atoms with Crippen LogP contribution < -0.4 is 10.1 Å². The Bertz CT molecular complexity index is 472. The molecule has 3 rings (SSSR count). The van der Waals surface area contributed by atoms with Crippen molar-refractivity contribution in [3.05, 3.63) is 29.8 Å². The summed E-state index contributed by atoms with van der Waals surface area (Å²) in [5.74, 6) is 2.99. The Morgan fingerprint density at radius 2 is 2.05 bits per heavy atom. The third-order valence-electron chi connectivity index (χ3n) is 4.22. The lowest BCUT2D eigenvalue weighted by Crippen LogP contribution is -2.46. The Morgan fingerprint density at radius 1 is 1.25 bits per heavy atom. The van der Waals surface area contributed by atoms with Crippen molar-refractivity contribution >= 4 is 16.9 Å². The minimum absolute atomic E-state index is 0.666. The molecule has 3 nitrogen and oxygen atoms in total. The first-order valence-electron chi connectivity index (χ1n) is 7.42. The molecule has 1 saturated heterocycles. The van der Waals surface area contributed by atoms with Crippen LogP contribution in [0.4, 0.5) is 0 Å². The zero-order valence-corrected chi connectivity index (χ0v) is 12.8. The van der Waals surface area contributed by atoms with E-state index in [1.165, 1.54) is 37.0 Å². The van der Waals surface area contributed by atoms with Gasteiger partial charge in [0.25, 0.3) is 0 Å². The molecule has 0 bridgehead atoms. The summed E-state index contributed by atoms with van der Waals surface area (Å²) in [4.78, 5) is 4.73. The predicted molar refractivity (Wildman–Crippen MR) is 85.5 cm³/mol. The maximum absolute atomic E-state index is 5.17. The zero-order valence-electron chi connectivity index (χ0n) is 12.0. The second-order valence-corrected chi connectivity index (χ2v) is 6.58. The van der Waals surface area contributed by atoms with Gasteiger partial charge >= 0.3 is 0 Å². The third kappa shape index (κ3) is 3.29. The van der Waals surface area contributed by atoms with E-state index in [0.29, 0.717) is 6.04 Å². The average molecular weight is 290 g/mol. The topological polar surface area (TPSA) is 33.6 Å². The lowest BCUT2D eigenvalue weighted by Gasteiger charge is -2.36. The van der Waals surface area contributed by atoms with Gasteiger partial charge in [0, 0.05) is 11.8 Å². The number of methoxy groups -OCH3 is 1. The highest BCUT2D eigenvalue weighted by molar-refractivity contribution is 8.13. The van der Waals surface area contributed by atoms with E-state index >= 15 is 0 Å². The minimum Gasteiger partial charge on any atom is -0.497 e. The number of thioether (sulfide) groups is 1. The number of ether oxygens (including phenoxy) is 1. The smallest absolute Gasteiger partial charge is 0.157 e. The standard InChI is InChI=1S/C16H22N2OS/c1-19-14-8-6-12(7-9-14)10-17-16-18-15-5-3-2-4-13(15)11-20-16/h6-9,13,15H,2-5,10-11H2,1H3,(H,17,18). The van der Waals surface area contributed by atoms with Gasteiger partial charge in [-0.1, -0.05) is 36.7 Å². The fourth-order valence-electron chi connectivity index (χ4n) is 2.97. The van der Waals surface area contributed by atoms with Crippen LogP contribution in [0.5, 0.6) is 5.75 Å². The molecule has 1 N–H and O–H groups in total. The van der Waals surface area contributed by atoms with Crippen molar-refractivity contribution in [1.29, 1.82) is 0 Å².